The number of para-hydroxylation sites is 1. The summed E-state index contributed by atoms with van der Waals surface area (Å²) in [5, 5.41) is 18.5. The van der Waals surface area contributed by atoms with E-state index in [1.54, 1.807) is 42.5 Å². The Kier molecular flexibility index (Phi) is 6.76. The van der Waals surface area contributed by atoms with Crippen LogP contribution in [0, 0.1) is 0 Å². The van der Waals surface area contributed by atoms with Gasteiger partial charge in [-0.1, -0.05) is 24.3 Å². The molecule has 1 aliphatic rings. The average molecular weight is 440 g/mol. The Hall–Kier alpha value is -3.59. The van der Waals surface area contributed by atoms with Gasteiger partial charge in [0.1, 0.15) is 5.75 Å². The third kappa shape index (κ3) is 5.32. The predicted molar refractivity (Wildman–Crippen MR) is 118 cm³/mol. The fourth-order valence-corrected chi connectivity index (χ4v) is 3.96. The molecule has 8 nitrogen and oxygen atoms in total. The summed E-state index contributed by atoms with van der Waals surface area (Å²) < 4.78 is 5.31. The van der Waals surface area contributed by atoms with Crippen LogP contribution in [0.2, 0.25) is 0 Å². The molecule has 0 spiro atoms. The van der Waals surface area contributed by atoms with Crippen LogP contribution in [0.1, 0.15) is 29.8 Å². The van der Waals surface area contributed by atoms with E-state index in [1.807, 2.05) is 13.8 Å². The molecule has 1 heterocycles. The summed E-state index contributed by atoms with van der Waals surface area (Å²) in [5.41, 5.74) is 1.09. The Bertz CT molecular complexity index is 1090. The Morgan fingerprint density at radius 1 is 1.16 bits per heavy atom. The molecule has 0 bridgehead atoms. The average Bonchev–Trinajstić information content (AvgIpc) is 3.02. The molecule has 31 heavy (non-hydrogen) atoms. The number of thioether (sulfide) groups is 1. The van der Waals surface area contributed by atoms with Crippen LogP contribution in [-0.2, 0) is 9.59 Å². The molecule has 160 valence electrons. The molecule has 2 aromatic carbocycles. The van der Waals surface area contributed by atoms with E-state index in [0.717, 1.165) is 11.8 Å². The van der Waals surface area contributed by atoms with Crippen LogP contribution in [0.25, 0.3) is 6.08 Å². The van der Waals surface area contributed by atoms with Gasteiger partial charge < -0.3 is 14.9 Å². The van der Waals surface area contributed by atoms with Gasteiger partial charge >= 0.3 is 11.9 Å². The molecule has 0 unspecified atom stereocenters. The SMILES string of the molecule is CC(C)N1C(=O)/C(=C/c2ccccc2OCC(=O)O)SC1=Nc1cccc(C(=O)O)c1. The van der Waals surface area contributed by atoms with Gasteiger partial charge in [-0.05, 0) is 56.0 Å². The second-order valence-corrected chi connectivity index (χ2v) is 7.86. The predicted octanol–water partition coefficient (Wildman–Crippen LogP) is 3.86. The van der Waals surface area contributed by atoms with Gasteiger partial charge in [0.25, 0.3) is 5.91 Å². The molecule has 2 N–H and O–H groups in total. The van der Waals surface area contributed by atoms with Crippen molar-refractivity contribution in [3.8, 4) is 5.75 Å². The second kappa shape index (κ2) is 9.48. The summed E-state index contributed by atoms with van der Waals surface area (Å²) in [6.45, 7) is 3.22. The molecule has 0 saturated carbocycles. The highest BCUT2D eigenvalue weighted by Crippen LogP contribution is 2.36. The Balaban J connectivity index is 1.96. The molecule has 0 radical (unpaired) electrons. The van der Waals surface area contributed by atoms with E-state index in [4.69, 9.17) is 9.84 Å². The van der Waals surface area contributed by atoms with Crippen LogP contribution < -0.4 is 4.74 Å². The van der Waals surface area contributed by atoms with Crippen molar-refractivity contribution in [2.45, 2.75) is 19.9 Å². The monoisotopic (exact) mass is 440 g/mol. The van der Waals surface area contributed by atoms with Gasteiger partial charge in [-0.25, -0.2) is 14.6 Å². The molecule has 1 aliphatic heterocycles. The van der Waals surface area contributed by atoms with Crippen molar-refractivity contribution >= 4 is 46.5 Å². The van der Waals surface area contributed by atoms with Crippen molar-refractivity contribution in [1.82, 2.24) is 4.90 Å². The molecule has 3 rings (SSSR count). The number of benzene rings is 2. The van der Waals surface area contributed by atoms with Crippen LogP contribution in [0.4, 0.5) is 5.69 Å². The lowest BCUT2D eigenvalue weighted by atomic mass is 10.2. The van der Waals surface area contributed by atoms with Crippen LogP contribution in [0.15, 0.2) is 58.4 Å². The number of aliphatic imine (C=N–C) groups is 1. The maximum absolute atomic E-state index is 13.0. The lowest BCUT2D eigenvalue weighted by Crippen LogP contribution is -2.35. The number of carboxylic acids is 2. The molecule has 9 heteroatoms. The number of nitrogens with zero attached hydrogens (tertiary/aromatic N) is 2. The van der Waals surface area contributed by atoms with E-state index < -0.39 is 18.5 Å². The lowest BCUT2D eigenvalue weighted by molar-refractivity contribution is -0.139. The number of hydrogen-bond donors (Lipinski definition) is 2. The first kappa shape index (κ1) is 22.1. The fourth-order valence-electron chi connectivity index (χ4n) is 2.85. The minimum absolute atomic E-state index is 0.104. The van der Waals surface area contributed by atoms with E-state index in [9.17, 15) is 19.5 Å². The molecule has 2 aromatic rings. The van der Waals surface area contributed by atoms with Gasteiger partial charge in [-0.15, -0.1) is 0 Å². The molecular weight excluding hydrogens is 420 g/mol. The van der Waals surface area contributed by atoms with Gasteiger partial charge in [0.15, 0.2) is 11.8 Å². The Labute approximate surface area is 182 Å². The van der Waals surface area contributed by atoms with E-state index in [-0.39, 0.29) is 17.5 Å². The first-order valence-electron chi connectivity index (χ1n) is 9.35. The number of hydrogen-bond acceptors (Lipinski definition) is 6. The van der Waals surface area contributed by atoms with Crippen molar-refractivity contribution in [3.05, 3.63) is 64.6 Å². The maximum atomic E-state index is 13.0. The molecule has 0 aromatic heterocycles. The minimum atomic E-state index is -1.10. The number of aromatic carboxylic acids is 1. The van der Waals surface area contributed by atoms with E-state index in [2.05, 4.69) is 4.99 Å². The van der Waals surface area contributed by atoms with Crippen LogP contribution in [0.3, 0.4) is 0 Å². The number of carboxylic acid groups (broad SMARTS) is 2. The van der Waals surface area contributed by atoms with E-state index >= 15 is 0 Å². The van der Waals surface area contributed by atoms with E-state index in [1.165, 1.54) is 17.0 Å². The Morgan fingerprint density at radius 2 is 1.90 bits per heavy atom. The van der Waals surface area contributed by atoms with Crippen molar-refractivity contribution < 1.29 is 29.3 Å². The smallest absolute Gasteiger partial charge is 0.341 e. The zero-order valence-electron chi connectivity index (χ0n) is 16.8. The van der Waals surface area contributed by atoms with Crippen LogP contribution in [-0.4, -0.2) is 50.8 Å². The standard InChI is InChI=1S/C22H20N2O6S/c1-13(2)24-20(27)18(11-14-6-3-4-9-17(14)30-12-19(25)26)31-22(24)23-16-8-5-7-15(10-16)21(28)29/h3-11,13H,12H2,1-2H3,(H,25,26)(H,28,29)/b18-11-,23-22?. The second-order valence-electron chi connectivity index (χ2n) is 6.85. The zero-order valence-corrected chi connectivity index (χ0v) is 17.6. The molecular formula is C22H20N2O6S. The molecule has 0 atom stereocenters. The third-order valence-electron chi connectivity index (χ3n) is 4.23. The number of ether oxygens (including phenoxy) is 1. The number of carbonyl (C=O) groups is 3. The quantitative estimate of drug-likeness (QED) is 0.628. The zero-order chi connectivity index (χ0) is 22.5. The molecule has 1 saturated heterocycles. The van der Waals surface area contributed by atoms with Crippen molar-refractivity contribution in [3.63, 3.8) is 0 Å². The van der Waals surface area contributed by atoms with E-state index in [0.29, 0.717) is 27.1 Å². The normalized spacial score (nSPS) is 16.4. The number of carbonyl (C=O) groups excluding carboxylic acids is 1. The summed E-state index contributed by atoms with van der Waals surface area (Å²) in [6.07, 6.45) is 1.63. The summed E-state index contributed by atoms with van der Waals surface area (Å²) in [5.74, 6) is -2.06. The fraction of sp³-hybridized carbons (Fsp3) is 0.182. The lowest BCUT2D eigenvalue weighted by Gasteiger charge is -2.19. The maximum Gasteiger partial charge on any atom is 0.341 e. The Morgan fingerprint density at radius 3 is 2.58 bits per heavy atom. The van der Waals surface area contributed by atoms with Gasteiger partial charge in [-0.2, -0.15) is 0 Å². The topological polar surface area (TPSA) is 117 Å². The minimum Gasteiger partial charge on any atom is -0.481 e. The largest absolute Gasteiger partial charge is 0.481 e. The first-order valence-corrected chi connectivity index (χ1v) is 10.2. The summed E-state index contributed by atoms with van der Waals surface area (Å²) in [7, 11) is 0. The highest BCUT2D eigenvalue weighted by Gasteiger charge is 2.35. The number of amides is 1. The third-order valence-corrected chi connectivity index (χ3v) is 5.21. The number of aliphatic carboxylic acids is 1. The van der Waals surface area contributed by atoms with Gasteiger partial charge in [0, 0.05) is 11.6 Å². The van der Waals surface area contributed by atoms with Crippen molar-refractivity contribution in [2.75, 3.05) is 6.61 Å². The highest BCUT2D eigenvalue weighted by atomic mass is 32.2. The van der Waals surface area contributed by atoms with Crippen molar-refractivity contribution in [2.24, 2.45) is 4.99 Å². The van der Waals surface area contributed by atoms with Crippen molar-refractivity contribution in [1.29, 1.82) is 0 Å². The number of rotatable bonds is 7. The highest BCUT2D eigenvalue weighted by molar-refractivity contribution is 8.18. The van der Waals surface area contributed by atoms with Crippen LogP contribution >= 0.6 is 11.8 Å². The summed E-state index contributed by atoms with van der Waals surface area (Å²) in [4.78, 5) is 41.5. The van der Waals surface area contributed by atoms with Gasteiger partial charge in [-0.3, -0.25) is 9.69 Å². The summed E-state index contributed by atoms with van der Waals surface area (Å²) >= 11 is 1.16. The molecule has 1 fully saturated rings. The van der Waals surface area contributed by atoms with Crippen LogP contribution in [0.5, 0.6) is 5.75 Å². The summed E-state index contributed by atoms with van der Waals surface area (Å²) in [6, 6.07) is 12.8. The molecule has 1 amide bonds. The molecule has 0 aliphatic carbocycles. The first-order chi connectivity index (χ1) is 14.8. The van der Waals surface area contributed by atoms with Gasteiger partial charge in [0.05, 0.1) is 16.2 Å². The van der Waals surface area contributed by atoms with Gasteiger partial charge in [0.2, 0.25) is 0 Å². The number of amidine groups is 1.